The highest BCUT2D eigenvalue weighted by Crippen LogP contribution is 2.31. The minimum Gasteiger partial charge on any atom is -0.434 e. The normalized spacial score (nSPS) is 17.9. The smallest absolute Gasteiger partial charge is 0.387 e. The SMILES string of the molecule is O=C(c1ccc(Br)cc1OC(F)F)N1CCCC(F)(F)C1. The van der Waals surface area contributed by atoms with Crippen LogP contribution in [0.5, 0.6) is 5.75 Å². The zero-order valence-corrected chi connectivity index (χ0v) is 12.4. The molecule has 2 rings (SSSR count). The number of nitrogens with zero attached hydrogens (tertiary/aromatic N) is 1. The second-order valence-corrected chi connectivity index (χ2v) is 5.62. The molecule has 1 heterocycles. The number of likely N-dealkylation sites (tertiary alicyclic amines) is 1. The molecule has 0 N–H and O–H groups in total. The summed E-state index contributed by atoms with van der Waals surface area (Å²) < 4.78 is 56.2. The fraction of sp³-hybridized carbons (Fsp3) is 0.462. The third-order valence-corrected chi connectivity index (χ3v) is 3.56. The van der Waals surface area contributed by atoms with Crippen LogP contribution in [0.3, 0.4) is 0 Å². The van der Waals surface area contributed by atoms with Crippen molar-refractivity contribution in [1.82, 2.24) is 4.90 Å². The molecule has 0 spiro atoms. The molecule has 1 saturated heterocycles. The first kappa shape index (κ1) is 16.1. The van der Waals surface area contributed by atoms with Gasteiger partial charge >= 0.3 is 6.61 Å². The molecule has 1 aromatic rings. The monoisotopic (exact) mass is 369 g/mol. The Bertz CT molecular complexity index is 539. The van der Waals surface area contributed by atoms with E-state index in [0.29, 0.717) is 4.47 Å². The summed E-state index contributed by atoms with van der Waals surface area (Å²) in [6.07, 6.45) is -0.113. The van der Waals surface area contributed by atoms with Crippen LogP contribution in [0.4, 0.5) is 17.6 Å². The molecule has 3 nitrogen and oxygen atoms in total. The van der Waals surface area contributed by atoms with E-state index >= 15 is 0 Å². The van der Waals surface area contributed by atoms with Crippen molar-refractivity contribution in [2.75, 3.05) is 13.1 Å². The van der Waals surface area contributed by atoms with Gasteiger partial charge in [-0.15, -0.1) is 0 Å². The largest absolute Gasteiger partial charge is 0.434 e. The van der Waals surface area contributed by atoms with E-state index in [1.54, 1.807) is 0 Å². The fourth-order valence-corrected chi connectivity index (χ4v) is 2.52. The Morgan fingerprint density at radius 1 is 1.38 bits per heavy atom. The maximum Gasteiger partial charge on any atom is 0.387 e. The number of benzene rings is 1. The number of alkyl halides is 4. The maximum absolute atomic E-state index is 13.4. The average molecular weight is 370 g/mol. The van der Waals surface area contributed by atoms with Gasteiger partial charge in [0, 0.05) is 17.4 Å². The summed E-state index contributed by atoms with van der Waals surface area (Å²) in [6, 6.07) is 3.95. The van der Waals surface area contributed by atoms with Crippen LogP contribution < -0.4 is 4.74 Å². The minimum absolute atomic E-state index is 0.156. The lowest BCUT2D eigenvalue weighted by atomic mass is 10.1. The van der Waals surface area contributed by atoms with Gasteiger partial charge in [-0.2, -0.15) is 8.78 Å². The summed E-state index contributed by atoms with van der Waals surface area (Å²) >= 11 is 3.08. The Morgan fingerprint density at radius 2 is 2.10 bits per heavy atom. The predicted octanol–water partition coefficient (Wildman–Crippen LogP) is 3.92. The summed E-state index contributed by atoms with van der Waals surface area (Å²) in [5.74, 6) is -4.02. The first-order chi connectivity index (χ1) is 9.78. The Kier molecular flexibility index (Phi) is 4.75. The average Bonchev–Trinajstić information content (AvgIpc) is 2.36. The van der Waals surface area contributed by atoms with Gasteiger partial charge < -0.3 is 9.64 Å². The number of carbonyl (C=O) groups is 1. The van der Waals surface area contributed by atoms with Crippen LogP contribution >= 0.6 is 15.9 Å². The third kappa shape index (κ3) is 4.09. The molecule has 21 heavy (non-hydrogen) atoms. The molecular formula is C13H12BrF4NO2. The highest BCUT2D eigenvalue weighted by Gasteiger charge is 2.38. The van der Waals surface area contributed by atoms with Crippen molar-refractivity contribution in [2.45, 2.75) is 25.4 Å². The van der Waals surface area contributed by atoms with Gasteiger partial charge in [-0.1, -0.05) is 15.9 Å². The number of hydrogen-bond acceptors (Lipinski definition) is 2. The Balaban J connectivity index is 2.26. The molecular weight excluding hydrogens is 358 g/mol. The molecule has 1 aromatic carbocycles. The van der Waals surface area contributed by atoms with E-state index in [1.165, 1.54) is 18.2 Å². The summed E-state index contributed by atoms with van der Waals surface area (Å²) in [7, 11) is 0. The van der Waals surface area contributed by atoms with E-state index in [9.17, 15) is 22.4 Å². The van der Waals surface area contributed by atoms with Crippen molar-refractivity contribution in [1.29, 1.82) is 0 Å². The summed E-state index contributed by atoms with van der Waals surface area (Å²) in [5, 5.41) is 0. The van der Waals surface area contributed by atoms with E-state index in [0.717, 1.165) is 4.90 Å². The van der Waals surface area contributed by atoms with Crippen LogP contribution in [0.2, 0.25) is 0 Å². The summed E-state index contributed by atoms with van der Waals surface area (Å²) in [5.41, 5.74) is -0.156. The van der Waals surface area contributed by atoms with Gasteiger partial charge in [0.1, 0.15) is 5.75 Å². The minimum atomic E-state index is -3.10. The molecule has 1 fully saturated rings. The summed E-state index contributed by atoms with van der Waals surface area (Å²) in [6.45, 7) is -3.65. The standard InChI is InChI=1S/C13H12BrF4NO2/c14-8-2-3-9(10(6-8)21-12(15)16)11(20)19-5-1-4-13(17,18)7-19/h2-3,6,12H,1,4-5,7H2. The highest BCUT2D eigenvalue weighted by molar-refractivity contribution is 9.10. The molecule has 1 aliphatic heterocycles. The summed E-state index contributed by atoms with van der Waals surface area (Å²) in [4.78, 5) is 13.2. The van der Waals surface area contributed by atoms with Gasteiger partial charge in [-0.05, 0) is 24.6 Å². The zero-order chi connectivity index (χ0) is 15.6. The zero-order valence-electron chi connectivity index (χ0n) is 10.8. The lowest BCUT2D eigenvalue weighted by Gasteiger charge is -2.32. The van der Waals surface area contributed by atoms with E-state index in [2.05, 4.69) is 20.7 Å². The highest BCUT2D eigenvalue weighted by atomic mass is 79.9. The van der Waals surface area contributed by atoms with Gasteiger partial charge in [0.05, 0.1) is 12.1 Å². The van der Waals surface area contributed by atoms with Crippen molar-refractivity contribution < 1.29 is 27.1 Å². The Morgan fingerprint density at radius 3 is 2.71 bits per heavy atom. The van der Waals surface area contributed by atoms with Crippen LogP contribution in [0.25, 0.3) is 0 Å². The van der Waals surface area contributed by atoms with E-state index < -0.39 is 25.0 Å². The molecule has 0 atom stereocenters. The van der Waals surface area contributed by atoms with Crippen molar-refractivity contribution in [3.8, 4) is 5.75 Å². The van der Waals surface area contributed by atoms with Crippen LogP contribution in [-0.2, 0) is 0 Å². The second kappa shape index (κ2) is 6.21. The van der Waals surface area contributed by atoms with Crippen LogP contribution in [-0.4, -0.2) is 36.4 Å². The van der Waals surface area contributed by atoms with E-state index in [-0.39, 0.29) is 30.7 Å². The van der Waals surface area contributed by atoms with Gasteiger partial charge in [-0.3, -0.25) is 4.79 Å². The van der Waals surface area contributed by atoms with Gasteiger partial charge in [0.2, 0.25) is 0 Å². The number of halogens is 5. The van der Waals surface area contributed by atoms with Crippen LogP contribution in [0.1, 0.15) is 23.2 Å². The first-order valence-electron chi connectivity index (χ1n) is 6.20. The van der Waals surface area contributed by atoms with Crippen molar-refractivity contribution >= 4 is 21.8 Å². The molecule has 0 aliphatic carbocycles. The number of amides is 1. The third-order valence-electron chi connectivity index (χ3n) is 3.07. The molecule has 0 radical (unpaired) electrons. The van der Waals surface area contributed by atoms with Gasteiger partial charge in [0.25, 0.3) is 11.8 Å². The van der Waals surface area contributed by atoms with Crippen molar-refractivity contribution in [3.05, 3.63) is 28.2 Å². The number of piperidine rings is 1. The molecule has 0 aromatic heterocycles. The van der Waals surface area contributed by atoms with Crippen molar-refractivity contribution in [2.24, 2.45) is 0 Å². The van der Waals surface area contributed by atoms with Gasteiger partial charge in [-0.25, -0.2) is 8.78 Å². The fourth-order valence-electron chi connectivity index (χ4n) is 2.18. The molecule has 0 unspecified atom stereocenters. The van der Waals surface area contributed by atoms with Crippen molar-refractivity contribution in [3.63, 3.8) is 0 Å². The molecule has 0 bridgehead atoms. The maximum atomic E-state index is 13.4. The number of carbonyl (C=O) groups excluding carboxylic acids is 1. The van der Waals surface area contributed by atoms with E-state index in [1.807, 2.05) is 0 Å². The lowest BCUT2D eigenvalue weighted by molar-refractivity contribution is -0.0581. The van der Waals surface area contributed by atoms with Gasteiger partial charge in [0.15, 0.2) is 0 Å². The number of hydrogen-bond donors (Lipinski definition) is 0. The van der Waals surface area contributed by atoms with Crippen LogP contribution in [0, 0.1) is 0 Å². The quantitative estimate of drug-likeness (QED) is 0.755. The first-order valence-corrected chi connectivity index (χ1v) is 6.99. The van der Waals surface area contributed by atoms with Crippen LogP contribution in [0.15, 0.2) is 22.7 Å². The molecule has 0 saturated carbocycles. The van der Waals surface area contributed by atoms with E-state index in [4.69, 9.17) is 0 Å². The Hall–Kier alpha value is -1.31. The molecule has 8 heteroatoms. The lowest BCUT2D eigenvalue weighted by Crippen LogP contribution is -2.45. The number of ether oxygens (including phenoxy) is 1. The predicted molar refractivity (Wildman–Crippen MR) is 70.9 cm³/mol. The number of rotatable bonds is 3. The molecule has 1 amide bonds. The molecule has 116 valence electrons. The second-order valence-electron chi connectivity index (χ2n) is 4.71. The topological polar surface area (TPSA) is 29.5 Å². The Labute approximate surface area is 127 Å². The molecule has 1 aliphatic rings.